The number of aromatic amines is 1. The summed E-state index contributed by atoms with van der Waals surface area (Å²) in [6.45, 7) is 3.80. The first-order valence-corrected chi connectivity index (χ1v) is 6.28. The first kappa shape index (κ1) is 14.3. The fourth-order valence-electron chi connectivity index (χ4n) is 2.16. The van der Waals surface area contributed by atoms with Gasteiger partial charge in [-0.25, -0.2) is 9.89 Å². The van der Waals surface area contributed by atoms with Crippen LogP contribution in [0.4, 0.5) is 0 Å². The number of esters is 1. The maximum Gasteiger partial charge on any atom is 0.341 e. The van der Waals surface area contributed by atoms with Gasteiger partial charge in [0, 0.05) is 12.4 Å². The third-order valence-electron chi connectivity index (χ3n) is 3.33. The molecular formula is C13H17N3O4. The summed E-state index contributed by atoms with van der Waals surface area (Å²) in [6, 6.07) is -0.239. The number of hydrogen-bond acceptors (Lipinski definition) is 5. The smallest absolute Gasteiger partial charge is 0.341 e. The average Bonchev–Trinajstić information content (AvgIpc) is 2.79. The molecule has 0 saturated heterocycles. The third-order valence-corrected chi connectivity index (χ3v) is 3.33. The molecule has 0 unspecified atom stereocenters. The Morgan fingerprint density at radius 3 is 2.75 bits per heavy atom. The molecule has 0 radical (unpaired) electrons. The van der Waals surface area contributed by atoms with Crippen LogP contribution in [0.1, 0.15) is 30.2 Å². The number of pyridine rings is 1. The molecule has 2 aliphatic rings. The zero-order chi connectivity index (χ0) is 14.9. The highest BCUT2D eigenvalue weighted by molar-refractivity contribution is 5.95. The predicted octanol–water partition coefficient (Wildman–Crippen LogP) is 0.652. The predicted molar refractivity (Wildman–Crippen MR) is 71.8 cm³/mol. The highest BCUT2D eigenvalue weighted by atomic mass is 16.5. The quantitative estimate of drug-likeness (QED) is 0.801. The summed E-state index contributed by atoms with van der Waals surface area (Å²) in [4.78, 5) is 23.5. The minimum absolute atomic E-state index is 0.0967. The fourth-order valence-corrected chi connectivity index (χ4v) is 2.16. The fraction of sp³-hybridized carbons (Fsp3) is 0.462. The maximum atomic E-state index is 11.8. The molecule has 0 aromatic heterocycles. The number of carbonyl (C=O) groups excluding carboxylic acids is 1. The standard InChI is InChI=1S/C13H17N3O4/c1-7(2)10(6-17)16-4-8-11(14-15-12(8)18)9(5-16)13(19)20-3/h4-5,7,10,17H,6H2,1-3H3,(H,15,18)/t10-/m1/s1. The molecule has 1 atom stereocenters. The van der Waals surface area contributed by atoms with Crippen LogP contribution in [0.3, 0.4) is 0 Å². The molecular weight excluding hydrogens is 262 g/mol. The van der Waals surface area contributed by atoms with Crippen LogP contribution >= 0.6 is 0 Å². The third kappa shape index (κ3) is 2.32. The number of aromatic nitrogens is 3. The molecule has 2 rings (SSSR count). The number of nitrogens with zero attached hydrogens (tertiary/aromatic N) is 2. The largest absolute Gasteiger partial charge is 0.465 e. The summed E-state index contributed by atoms with van der Waals surface area (Å²) in [6.07, 6.45) is 3.14. The van der Waals surface area contributed by atoms with E-state index in [0.29, 0.717) is 5.56 Å². The number of hydrogen-bond donors (Lipinski definition) is 2. The normalized spacial score (nSPS) is 12.8. The summed E-state index contributed by atoms with van der Waals surface area (Å²) >= 11 is 0. The van der Waals surface area contributed by atoms with E-state index in [-0.39, 0.29) is 35.4 Å². The van der Waals surface area contributed by atoms with E-state index in [0.717, 1.165) is 0 Å². The van der Waals surface area contributed by atoms with E-state index in [9.17, 15) is 14.7 Å². The lowest BCUT2D eigenvalue weighted by Gasteiger charge is -2.23. The summed E-state index contributed by atoms with van der Waals surface area (Å²) < 4.78 is 6.37. The van der Waals surface area contributed by atoms with Crippen LogP contribution in [-0.2, 0) is 4.74 Å². The van der Waals surface area contributed by atoms with Crippen LogP contribution in [0.2, 0.25) is 0 Å². The van der Waals surface area contributed by atoms with Crippen LogP contribution < -0.4 is 5.56 Å². The zero-order valence-corrected chi connectivity index (χ0v) is 11.6. The lowest BCUT2D eigenvalue weighted by atomic mass is 10.0. The Balaban J connectivity index is 2.67. The highest BCUT2D eigenvalue weighted by Gasteiger charge is 2.24. The van der Waals surface area contributed by atoms with Crippen molar-refractivity contribution in [2.45, 2.75) is 19.9 Å². The number of aliphatic hydroxyl groups excluding tert-OH is 1. The van der Waals surface area contributed by atoms with E-state index in [1.807, 2.05) is 13.8 Å². The first-order valence-electron chi connectivity index (χ1n) is 6.28. The molecule has 7 nitrogen and oxygen atoms in total. The number of nitrogens with one attached hydrogen (secondary N) is 1. The Hall–Kier alpha value is -2.15. The molecule has 0 saturated carbocycles. The molecule has 0 aromatic rings. The molecule has 0 spiro atoms. The van der Waals surface area contributed by atoms with Gasteiger partial charge in [0.2, 0.25) is 0 Å². The van der Waals surface area contributed by atoms with Crippen molar-refractivity contribution in [3.63, 3.8) is 0 Å². The number of methoxy groups -OCH3 is 1. The van der Waals surface area contributed by atoms with Crippen molar-refractivity contribution < 1.29 is 14.6 Å². The van der Waals surface area contributed by atoms with Gasteiger partial charge in [-0.15, -0.1) is 0 Å². The summed E-state index contributed by atoms with van der Waals surface area (Å²) in [5.41, 5.74) is 0.396. The Bertz CT molecular complexity index is 644. The lowest BCUT2D eigenvalue weighted by Crippen LogP contribution is -2.22. The van der Waals surface area contributed by atoms with Gasteiger partial charge in [0.05, 0.1) is 25.3 Å². The van der Waals surface area contributed by atoms with Gasteiger partial charge in [-0.2, -0.15) is 5.10 Å². The van der Waals surface area contributed by atoms with Crippen LogP contribution in [0.25, 0.3) is 11.3 Å². The number of H-pyrrole nitrogens is 1. The van der Waals surface area contributed by atoms with Crippen molar-refractivity contribution in [2.75, 3.05) is 13.7 Å². The van der Waals surface area contributed by atoms with E-state index >= 15 is 0 Å². The van der Waals surface area contributed by atoms with Crippen LogP contribution in [-0.4, -0.2) is 39.6 Å². The van der Waals surface area contributed by atoms with Gasteiger partial charge in [0.1, 0.15) is 11.3 Å². The lowest BCUT2D eigenvalue weighted by molar-refractivity contribution is 0.0599. The second-order valence-electron chi connectivity index (χ2n) is 4.92. The average molecular weight is 279 g/mol. The molecule has 0 amide bonds. The van der Waals surface area contributed by atoms with Crippen molar-refractivity contribution in [2.24, 2.45) is 5.92 Å². The topological polar surface area (TPSA) is 97.2 Å². The van der Waals surface area contributed by atoms with Crippen molar-refractivity contribution >= 4 is 5.97 Å². The molecule has 0 bridgehead atoms. The van der Waals surface area contributed by atoms with E-state index in [2.05, 4.69) is 10.2 Å². The van der Waals surface area contributed by atoms with Gasteiger partial charge in [-0.1, -0.05) is 13.8 Å². The zero-order valence-electron chi connectivity index (χ0n) is 11.6. The SMILES string of the molecule is COC(=O)c1cn([C@H](CO)C(C)C)cc2c(=O)[nH]nc1-2. The minimum Gasteiger partial charge on any atom is -0.465 e. The van der Waals surface area contributed by atoms with Crippen LogP contribution in [0.5, 0.6) is 0 Å². The molecule has 0 aromatic carbocycles. The Morgan fingerprint density at radius 1 is 1.50 bits per heavy atom. The second kappa shape index (κ2) is 5.46. The molecule has 108 valence electrons. The molecule has 2 heterocycles. The second-order valence-corrected chi connectivity index (χ2v) is 4.92. The number of fused-ring (bicyclic) bond motifs is 1. The molecule has 0 fully saturated rings. The number of carbonyl (C=O) groups is 1. The van der Waals surface area contributed by atoms with Gasteiger partial charge >= 0.3 is 5.97 Å². The first-order chi connectivity index (χ1) is 9.49. The van der Waals surface area contributed by atoms with E-state index < -0.39 is 5.97 Å². The number of rotatable bonds is 4. The Morgan fingerprint density at radius 2 is 2.20 bits per heavy atom. The van der Waals surface area contributed by atoms with Crippen LogP contribution in [0, 0.1) is 5.92 Å². The van der Waals surface area contributed by atoms with E-state index in [1.54, 1.807) is 17.0 Å². The molecule has 20 heavy (non-hydrogen) atoms. The minimum atomic E-state index is -0.573. The summed E-state index contributed by atoms with van der Waals surface area (Å²) in [5.74, 6) is -0.439. The van der Waals surface area contributed by atoms with Gasteiger partial charge in [0.25, 0.3) is 5.56 Å². The summed E-state index contributed by atoms with van der Waals surface area (Å²) in [5, 5.41) is 15.7. The molecule has 7 heteroatoms. The van der Waals surface area contributed by atoms with Gasteiger partial charge in [0.15, 0.2) is 0 Å². The monoisotopic (exact) mass is 279 g/mol. The van der Waals surface area contributed by atoms with Crippen molar-refractivity contribution in [1.29, 1.82) is 0 Å². The van der Waals surface area contributed by atoms with Gasteiger partial charge in [-0.05, 0) is 5.92 Å². The Labute approximate surface area is 115 Å². The maximum absolute atomic E-state index is 11.8. The molecule has 2 aliphatic heterocycles. The van der Waals surface area contributed by atoms with Gasteiger partial charge < -0.3 is 14.4 Å². The number of aliphatic hydroxyl groups is 1. The van der Waals surface area contributed by atoms with E-state index in [1.165, 1.54) is 7.11 Å². The Kier molecular flexibility index (Phi) is 3.89. The van der Waals surface area contributed by atoms with Crippen molar-refractivity contribution in [3.8, 4) is 11.3 Å². The number of ether oxygens (including phenoxy) is 1. The van der Waals surface area contributed by atoms with Crippen molar-refractivity contribution in [3.05, 3.63) is 28.3 Å². The van der Waals surface area contributed by atoms with Crippen molar-refractivity contribution in [1.82, 2.24) is 14.8 Å². The molecule has 0 aliphatic carbocycles. The summed E-state index contributed by atoms with van der Waals surface area (Å²) in [7, 11) is 1.27. The van der Waals surface area contributed by atoms with Gasteiger partial charge in [-0.3, -0.25) is 4.79 Å². The molecule has 2 N–H and O–H groups in total. The van der Waals surface area contributed by atoms with Crippen LogP contribution in [0.15, 0.2) is 17.2 Å². The van der Waals surface area contributed by atoms with E-state index in [4.69, 9.17) is 4.74 Å². The highest BCUT2D eigenvalue weighted by Crippen LogP contribution is 2.25.